The van der Waals surface area contributed by atoms with Crippen LogP contribution in [0.2, 0.25) is 0 Å². The van der Waals surface area contributed by atoms with Gasteiger partial charge in [-0.3, -0.25) is 5.32 Å². The topological polar surface area (TPSA) is 30.5 Å². The summed E-state index contributed by atoms with van der Waals surface area (Å²) in [5.41, 5.74) is 0. The lowest BCUT2D eigenvalue weighted by Gasteiger charge is -2.00. The molecule has 0 fully saturated rings. The second-order valence-electron chi connectivity index (χ2n) is 1.42. The molecule has 0 aromatic rings. The molecule has 0 aliphatic carbocycles. The van der Waals surface area contributed by atoms with E-state index in [2.05, 4.69) is 21.3 Å². The standard InChI is InChI=1S/C5H13NO2S/c1-7-8-5-6-3-4-9-2/h6H,3-5H2,1-2H3. The Balaban J connectivity index is 2.60. The maximum absolute atomic E-state index is 4.56. The van der Waals surface area contributed by atoms with E-state index in [0.717, 1.165) is 12.3 Å². The second kappa shape index (κ2) is 8.23. The fraction of sp³-hybridized carbons (Fsp3) is 1.00. The van der Waals surface area contributed by atoms with Crippen LogP contribution < -0.4 is 5.32 Å². The molecule has 0 saturated heterocycles. The quantitative estimate of drug-likeness (QED) is 0.259. The predicted molar refractivity (Wildman–Crippen MR) is 39.3 cm³/mol. The Hall–Kier alpha value is 0.230. The van der Waals surface area contributed by atoms with E-state index < -0.39 is 0 Å². The number of hydrogen-bond donors (Lipinski definition) is 1. The van der Waals surface area contributed by atoms with Gasteiger partial charge in [0, 0.05) is 12.3 Å². The Morgan fingerprint density at radius 3 is 2.89 bits per heavy atom. The normalized spacial score (nSPS) is 10.0. The van der Waals surface area contributed by atoms with Crippen LogP contribution in [0.4, 0.5) is 0 Å². The monoisotopic (exact) mass is 151 g/mol. The van der Waals surface area contributed by atoms with Gasteiger partial charge >= 0.3 is 0 Å². The SMILES string of the molecule is COOCNCCSC. The van der Waals surface area contributed by atoms with Crippen molar-refractivity contribution in [2.24, 2.45) is 0 Å². The van der Waals surface area contributed by atoms with Gasteiger partial charge in [0.2, 0.25) is 0 Å². The maximum atomic E-state index is 4.56. The van der Waals surface area contributed by atoms with Crippen molar-refractivity contribution in [3.63, 3.8) is 0 Å². The first kappa shape index (κ1) is 9.23. The van der Waals surface area contributed by atoms with E-state index in [0.29, 0.717) is 6.73 Å². The third-order valence-electron chi connectivity index (χ3n) is 0.762. The Labute approximate surface area is 60.0 Å². The molecule has 4 heteroatoms. The van der Waals surface area contributed by atoms with Crippen molar-refractivity contribution < 1.29 is 9.78 Å². The van der Waals surface area contributed by atoms with Gasteiger partial charge in [0.05, 0.1) is 7.11 Å². The van der Waals surface area contributed by atoms with Gasteiger partial charge in [0.15, 0.2) is 0 Å². The molecule has 0 aliphatic heterocycles. The van der Waals surface area contributed by atoms with Crippen LogP contribution in [0.5, 0.6) is 0 Å². The molecule has 0 rings (SSSR count). The van der Waals surface area contributed by atoms with Crippen molar-refractivity contribution in [2.75, 3.05) is 32.4 Å². The first-order valence-corrected chi connectivity index (χ1v) is 4.16. The zero-order chi connectivity index (χ0) is 6.95. The Morgan fingerprint density at radius 1 is 1.56 bits per heavy atom. The van der Waals surface area contributed by atoms with Crippen LogP contribution in [0.15, 0.2) is 0 Å². The van der Waals surface area contributed by atoms with Gasteiger partial charge in [-0.05, 0) is 6.26 Å². The van der Waals surface area contributed by atoms with Gasteiger partial charge in [-0.2, -0.15) is 11.8 Å². The van der Waals surface area contributed by atoms with Crippen LogP contribution in [-0.4, -0.2) is 32.4 Å². The molecule has 3 nitrogen and oxygen atoms in total. The van der Waals surface area contributed by atoms with Crippen LogP contribution in [0.25, 0.3) is 0 Å². The fourth-order valence-electron chi connectivity index (χ4n) is 0.347. The van der Waals surface area contributed by atoms with Gasteiger partial charge in [0.1, 0.15) is 6.73 Å². The second-order valence-corrected chi connectivity index (χ2v) is 2.41. The lowest BCUT2D eigenvalue weighted by atomic mass is 10.8. The van der Waals surface area contributed by atoms with E-state index in [1.807, 2.05) is 0 Å². The number of thioether (sulfide) groups is 1. The highest BCUT2D eigenvalue weighted by atomic mass is 32.2. The molecule has 9 heavy (non-hydrogen) atoms. The van der Waals surface area contributed by atoms with Crippen molar-refractivity contribution in [1.82, 2.24) is 5.32 Å². The van der Waals surface area contributed by atoms with Gasteiger partial charge in [-0.25, -0.2) is 9.78 Å². The predicted octanol–water partition coefficient (Wildman–Crippen LogP) is 0.474. The molecule has 56 valence electrons. The minimum Gasteiger partial charge on any atom is -0.291 e. The van der Waals surface area contributed by atoms with Crippen molar-refractivity contribution >= 4 is 11.8 Å². The maximum Gasteiger partial charge on any atom is 0.133 e. The molecule has 1 N–H and O–H groups in total. The molecule has 0 heterocycles. The largest absolute Gasteiger partial charge is 0.291 e. The summed E-state index contributed by atoms with van der Waals surface area (Å²) in [4.78, 5) is 8.91. The molecule has 0 aromatic heterocycles. The van der Waals surface area contributed by atoms with E-state index in [4.69, 9.17) is 0 Å². The molecule has 0 amide bonds. The van der Waals surface area contributed by atoms with Crippen molar-refractivity contribution in [3.8, 4) is 0 Å². The van der Waals surface area contributed by atoms with Gasteiger partial charge in [0.25, 0.3) is 0 Å². The third kappa shape index (κ3) is 8.23. The molecule has 0 aromatic carbocycles. The van der Waals surface area contributed by atoms with E-state index in [-0.39, 0.29) is 0 Å². The molecule has 0 atom stereocenters. The van der Waals surface area contributed by atoms with Crippen molar-refractivity contribution in [3.05, 3.63) is 0 Å². The fourth-order valence-corrected chi connectivity index (χ4v) is 0.695. The third-order valence-corrected chi connectivity index (χ3v) is 1.37. The summed E-state index contributed by atoms with van der Waals surface area (Å²) < 4.78 is 0. The van der Waals surface area contributed by atoms with Gasteiger partial charge < -0.3 is 0 Å². The van der Waals surface area contributed by atoms with Crippen LogP contribution >= 0.6 is 11.8 Å². The molecular formula is C5H13NO2S. The summed E-state index contributed by atoms with van der Waals surface area (Å²) in [6.07, 6.45) is 2.07. The summed E-state index contributed by atoms with van der Waals surface area (Å²) in [6, 6.07) is 0. The molecule has 0 bridgehead atoms. The molecule has 0 unspecified atom stereocenters. The van der Waals surface area contributed by atoms with E-state index in [9.17, 15) is 0 Å². The molecule has 0 radical (unpaired) electrons. The number of nitrogens with one attached hydrogen (secondary N) is 1. The minimum atomic E-state index is 0.469. The summed E-state index contributed by atoms with van der Waals surface area (Å²) >= 11 is 1.80. The Bertz CT molecular complexity index is 48.2. The van der Waals surface area contributed by atoms with Gasteiger partial charge in [-0.1, -0.05) is 0 Å². The highest BCUT2D eigenvalue weighted by molar-refractivity contribution is 7.98. The van der Waals surface area contributed by atoms with Crippen LogP contribution in [-0.2, 0) is 9.78 Å². The molecule has 0 saturated carbocycles. The zero-order valence-corrected chi connectivity index (χ0v) is 6.66. The van der Waals surface area contributed by atoms with Crippen molar-refractivity contribution in [1.29, 1.82) is 0 Å². The van der Waals surface area contributed by atoms with Crippen molar-refractivity contribution in [2.45, 2.75) is 0 Å². The highest BCUT2D eigenvalue weighted by Gasteiger charge is 1.83. The zero-order valence-electron chi connectivity index (χ0n) is 5.85. The van der Waals surface area contributed by atoms with E-state index >= 15 is 0 Å². The molecular weight excluding hydrogens is 138 g/mol. The summed E-state index contributed by atoms with van der Waals surface area (Å²) in [5.74, 6) is 1.10. The Morgan fingerprint density at radius 2 is 2.33 bits per heavy atom. The lowest BCUT2D eigenvalue weighted by molar-refractivity contribution is -0.276. The average molecular weight is 151 g/mol. The number of hydrogen-bond acceptors (Lipinski definition) is 4. The van der Waals surface area contributed by atoms with Crippen LogP contribution in [0.1, 0.15) is 0 Å². The van der Waals surface area contributed by atoms with E-state index in [1.165, 1.54) is 7.11 Å². The molecule has 0 aliphatic rings. The summed E-state index contributed by atoms with van der Waals surface area (Å²) in [7, 11) is 1.50. The van der Waals surface area contributed by atoms with Crippen LogP contribution in [0, 0.1) is 0 Å². The highest BCUT2D eigenvalue weighted by Crippen LogP contribution is 1.86. The first-order chi connectivity index (χ1) is 4.41. The lowest BCUT2D eigenvalue weighted by Crippen LogP contribution is -2.20. The summed E-state index contributed by atoms with van der Waals surface area (Å²) in [5, 5.41) is 3.02. The summed E-state index contributed by atoms with van der Waals surface area (Å²) in [6.45, 7) is 1.43. The Kier molecular flexibility index (Phi) is 8.44. The van der Waals surface area contributed by atoms with Crippen LogP contribution in [0.3, 0.4) is 0 Å². The molecule has 0 spiro atoms. The van der Waals surface area contributed by atoms with Gasteiger partial charge in [-0.15, -0.1) is 0 Å². The average Bonchev–Trinajstić information content (AvgIpc) is 1.89. The minimum absolute atomic E-state index is 0.469. The smallest absolute Gasteiger partial charge is 0.133 e. The first-order valence-electron chi connectivity index (χ1n) is 2.77. The van der Waals surface area contributed by atoms with E-state index in [1.54, 1.807) is 11.8 Å². The number of rotatable bonds is 6.